The molecule has 0 bridgehead atoms. The van der Waals surface area contributed by atoms with E-state index < -0.39 is 12.1 Å². The molecule has 131 valence electrons. The van der Waals surface area contributed by atoms with E-state index in [0.717, 1.165) is 17.6 Å². The summed E-state index contributed by atoms with van der Waals surface area (Å²) in [6, 6.07) is -0.427. The molecule has 1 unspecified atom stereocenters. The van der Waals surface area contributed by atoms with Gasteiger partial charge in [0.1, 0.15) is 6.61 Å². The summed E-state index contributed by atoms with van der Waals surface area (Å²) in [6.07, 6.45) is 11.9. The Kier molecular flexibility index (Phi) is 5.81. The van der Waals surface area contributed by atoms with Crippen molar-refractivity contribution in [3.8, 4) is 0 Å². The van der Waals surface area contributed by atoms with E-state index in [1.54, 1.807) is 29.5 Å². The first-order valence-corrected chi connectivity index (χ1v) is 8.35. The van der Waals surface area contributed by atoms with Crippen LogP contribution in [0, 0.1) is 11.8 Å². The number of hydrogen-bond donors (Lipinski definition) is 0. The van der Waals surface area contributed by atoms with Crippen molar-refractivity contribution in [2.45, 2.75) is 39.7 Å². The van der Waals surface area contributed by atoms with Crippen LogP contribution in [-0.2, 0) is 9.53 Å². The minimum absolute atomic E-state index is 0. The van der Waals surface area contributed by atoms with Gasteiger partial charge in [0.2, 0.25) is 0 Å². The fraction of sp³-hybridized carbons (Fsp3) is 0.450. The predicted molar refractivity (Wildman–Crippen MR) is 97.5 cm³/mol. The summed E-state index contributed by atoms with van der Waals surface area (Å²) < 4.78 is 5.43. The quantitative estimate of drug-likeness (QED) is 0.684. The van der Waals surface area contributed by atoms with Crippen LogP contribution >= 0.6 is 0 Å². The van der Waals surface area contributed by atoms with Gasteiger partial charge in [-0.15, -0.1) is 0 Å². The highest BCUT2D eigenvalue weighted by Gasteiger charge is 2.42. The van der Waals surface area contributed by atoms with E-state index >= 15 is 0 Å². The number of carbonyl (C=O) groups is 2. The summed E-state index contributed by atoms with van der Waals surface area (Å²) in [6.45, 7) is 10.5. The van der Waals surface area contributed by atoms with Gasteiger partial charge >= 0.3 is 6.09 Å². The number of nitrogens with zero attached hydrogens (tertiary/aromatic N) is 1. The van der Waals surface area contributed by atoms with Crippen molar-refractivity contribution in [2.75, 3.05) is 13.2 Å². The minimum Gasteiger partial charge on any atom is -0.445 e. The topological polar surface area (TPSA) is 46.6 Å². The van der Waals surface area contributed by atoms with Gasteiger partial charge in [-0.2, -0.15) is 0 Å². The molecule has 2 rings (SSSR count). The Morgan fingerprint density at radius 1 is 1.50 bits per heavy atom. The molecule has 4 heteroatoms. The van der Waals surface area contributed by atoms with Crippen LogP contribution in [0.15, 0.2) is 48.1 Å². The summed E-state index contributed by atoms with van der Waals surface area (Å²) in [5, 5.41) is 0. The number of Topliss-reactive ketones (excluding diaryl/α,β-unsaturated/α-hetero) is 1. The van der Waals surface area contributed by atoms with Crippen molar-refractivity contribution in [3.05, 3.63) is 54.5 Å². The molecule has 1 saturated heterocycles. The van der Waals surface area contributed by atoms with Crippen LogP contribution in [0.2, 0.25) is 0 Å². The number of rotatable bonds is 6. The molecule has 4 nitrogen and oxygen atoms in total. The molecule has 0 spiro atoms. The monoisotopic (exact) mass is 330 g/mol. The maximum atomic E-state index is 12.5. The lowest BCUT2D eigenvalue weighted by Gasteiger charge is -2.41. The SMILES string of the molecule is C=C/C=C\C(=C/C)COC(=O)N1CCC(C)(C)CC1C(=O)C1=C[CH]1.[HH]. The van der Waals surface area contributed by atoms with Crippen LogP contribution in [0.5, 0.6) is 0 Å². The van der Waals surface area contributed by atoms with Gasteiger partial charge in [0.25, 0.3) is 0 Å². The second-order valence-electron chi connectivity index (χ2n) is 6.99. The van der Waals surface area contributed by atoms with Gasteiger partial charge in [0, 0.05) is 20.0 Å². The maximum absolute atomic E-state index is 12.5. The summed E-state index contributed by atoms with van der Waals surface area (Å²) in [7, 11) is 0. The molecule has 0 saturated carbocycles. The lowest BCUT2D eigenvalue weighted by molar-refractivity contribution is -0.122. The van der Waals surface area contributed by atoms with Gasteiger partial charge < -0.3 is 4.74 Å². The van der Waals surface area contributed by atoms with Crippen molar-refractivity contribution in [3.63, 3.8) is 0 Å². The first-order valence-electron chi connectivity index (χ1n) is 8.35. The molecule has 0 aromatic heterocycles. The van der Waals surface area contributed by atoms with E-state index in [0.29, 0.717) is 13.0 Å². The molecule has 1 aliphatic carbocycles. The fourth-order valence-corrected chi connectivity index (χ4v) is 2.81. The second-order valence-corrected chi connectivity index (χ2v) is 6.99. The van der Waals surface area contributed by atoms with Crippen molar-refractivity contribution in [1.82, 2.24) is 4.90 Å². The summed E-state index contributed by atoms with van der Waals surface area (Å²) in [4.78, 5) is 26.6. The predicted octanol–water partition coefficient (Wildman–Crippen LogP) is 4.26. The molecular weight excluding hydrogens is 302 g/mol. The average Bonchev–Trinajstić information content (AvgIpc) is 3.38. The lowest BCUT2D eigenvalue weighted by Crippen LogP contribution is -2.52. The Hall–Kier alpha value is -2.10. The zero-order chi connectivity index (χ0) is 17.7. The van der Waals surface area contributed by atoms with Gasteiger partial charge in [0.05, 0.1) is 6.04 Å². The van der Waals surface area contributed by atoms with E-state index in [-0.39, 0.29) is 19.2 Å². The Labute approximate surface area is 146 Å². The van der Waals surface area contributed by atoms with Crippen molar-refractivity contribution in [1.29, 1.82) is 0 Å². The highest BCUT2D eigenvalue weighted by molar-refractivity contribution is 6.07. The van der Waals surface area contributed by atoms with E-state index in [1.165, 1.54) is 0 Å². The van der Waals surface area contributed by atoms with Crippen LogP contribution < -0.4 is 0 Å². The van der Waals surface area contributed by atoms with Gasteiger partial charge in [-0.3, -0.25) is 9.69 Å². The van der Waals surface area contributed by atoms with Gasteiger partial charge in [-0.25, -0.2) is 4.79 Å². The number of ether oxygens (including phenoxy) is 1. The Bertz CT molecular complexity index is 616. The number of amides is 1. The molecule has 1 atom stereocenters. The number of carbonyl (C=O) groups excluding carboxylic acids is 2. The van der Waals surface area contributed by atoms with Crippen LogP contribution in [0.4, 0.5) is 4.79 Å². The van der Waals surface area contributed by atoms with Crippen LogP contribution in [0.1, 0.15) is 35.0 Å². The number of hydrogen-bond acceptors (Lipinski definition) is 3. The minimum atomic E-state index is -0.427. The molecule has 1 fully saturated rings. The first kappa shape index (κ1) is 18.2. The highest BCUT2D eigenvalue weighted by atomic mass is 16.6. The van der Waals surface area contributed by atoms with E-state index in [2.05, 4.69) is 20.4 Å². The summed E-state index contributed by atoms with van der Waals surface area (Å²) >= 11 is 0. The highest BCUT2D eigenvalue weighted by Crippen LogP contribution is 2.36. The molecule has 2 aliphatic rings. The number of allylic oxidation sites excluding steroid dienone is 4. The zero-order valence-corrected chi connectivity index (χ0v) is 14.7. The summed E-state index contributed by atoms with van der Waals surface area (Å²) in [5.74, 6) is 0.0255. The third-order valence-electron chi connectivity index (χ3n) is 4.49. The lowest BCUT2D eigenvalue weighted by atomic mass is 9.77. The Morgan fingerprint density at radius 2 is 2.21 bits per heavy atom. The smallest absolute Gasteiger partial charge is 0.410 e. The molecule has 1 amide bonds. The van der Waals surface area contributed by atoms with Gasteiger partial charge in [-0.05, 0) is 30.8 Å². The molecule has 24 heavy (non-hydrogen) atoms. The van der Waals surface area contributed by atoms with Gasteiger partial charge in [0.15, 0.2) is 5.78 Å². The molecule has 0 aromatic carbocycles. The first-order chi connectivity index (χ1) is 11.4. The van der Waals surface area contributed by atoms with Crippen molar-refractivity contribution in [2.24, 2.45) is 5.41 Å². The molecule has 1 heterocycles. The van der Waals surface area contributed by atoms with Crippen LogP contribution in [-0.4, -0.2) is 36.0 Å². The Morgan fingerprint density at radius 3 is 2.79 bits per heavy atom. The standard InChI is InChI=1S/C20H26NO3.H2/c1-5-7-8-15(6-2)14-24-19(23)21-12-11-20(3,4)13-17(21)18(22)16-9-10-16;/h5-10,17H,1,11-14H2,2-4H3;1H/b8-7-,15-6+;. The second kappa shape index (κ2) is 7.65. The molecule has 0 N–H and O–H groups in total. The van der Waals surface area contributed by atoms with E-state index in [9.17, 15) is 9.59 Å². The third kappa shape index (κ3) is 4.70. The van der Waals surface area contributed by atoms with Gasteiger partial charge in [-0.1, -0.05) is 50.8 Å². The van der Waals surface area contributed by atoms with Crippen LogP contribution in [0.25, 0.3) is 0 Å². The largest absolute Gasteiger partial charge is 0.445 e. The number of piperidine rings is 1. The molecule has 1 aliphatic heterocycles. The molecule has 1 radical (unpaired) electrons. The summed E-state index contributed by atoms with van der Waals surface area (Å²) in [5.41, 5.74) is 1.66. The normalized spacial score (nSPS) is 23.0. The third-order valence-corrected chi connectivity index (χ3v) is 4.49. The molecule has 0 aromatic rings. The zero-order valence-electron chi connectivity index (χ0n) is 14.7. The van der Waals surface area contributed by atoms with Crippen molar-refractivity contribution < 1.29 is 15.8 Å². The van der Waals surface area contributed by atoms with E-state index in [4.69, 9.17) is 4.74 Å². The Balaban J connectivity index is 0.00000312. The number of likely N-dealkylation sites (tertiary alicyclic amines) is 1. The van der Waals surface area contributed by atoms with Crippen molar-refractivity contribution >= 4 is 11.9 Å². The number of ketones is 1. The fourth-order valence-electron chi connectivity index (χ4n) is 2.81. The van der Waals surface area contributed by atoms with Crippen LogP contribution in [0.3, 0.4) is 0 Å². The maximum Gasteiger partial charge on any atom is 0.410 e. The average molecular weight is 330 g/mol. The molecular formula is C20H28NO3. The van der Waals surface area contributed by atoms with E-state index in [1.807, 2.05) is 19.1 Å².